The molecule has 1 aliphatic rings. The molecule has 2 atom stereocenters. The second kappa shape index (κ2) is 11.0. The fraction of sp³-hybridized carbons (Fsp3) is 0.400. The molecule has 0 radical (unpaired) electrons. The molecule has 0 saturated carbocycles. The highest BCUT2D eigenvalue weighted by atomic mass is 16.5. The number of aliphatic carboxylic acids is 1. The van der Waals surface area contributed by atoms with Crippen molar-refractivity contribution in [1.82, 2.24) is 15.5 Å². The number of nitrogens with two attached hydrogens (primary N) is 1. The van der Waals surface area contributed by atoms with E-state index >= 15 is 0 Å². The van der Waals surface area contributed by atoms with Crippen molar-refractivity contribution >= 4 is 35.5 Å². The molecule has 5 N–H and O–H groups in total. The number of amides is 5. The van der Waals surface area contributed by atoms with Crippen molar-refractivity contribution in [2.75, 3.05) is 19.8 Å². The number of carbonyl (C=O) groups excluding carboxylic acids is 5. The van der Waals surface area contributed by atoms with Gasteiger partial charge in [-0.05, 0) is 25.5 Å². The number of hydrogen-bond acceptors (Lipinski definition) is 7. The van der Waals surface area contributed by atoms with Crippen molar-refractivity contribution < 1.29 is 38.6 Å². The molecule has 1 aromatic carbocycles. The first-order valence-corrected chi connectivity index (χ1v) is 9.75. The lowest BCUT2D eigenvalue weighted by molar-refractivity contribution is -0.137. The Morgan fingerprint density at radius 2 is 1.69 bits per heavy atom. The molecular formula is C20H24N4O8. The highest BCUT2D eigenvalue weighted by molar-refractivity contribution is 6.21. The summed E-state index contributed by atoms with van der Waals surface area (Å²) in [6, 6.07) is 4.19. The molecule has 1 aromatic rings. The zero-order valence-corrected chi connectivity index (χ0v) is 17.3. The maximum Gasteiger partial charge on any atom is 0.303 e. The van der Waals surface area contributed by atoms with E-state index in [0.29, 0.717) is 11.1 Å². The van der Waals surface area contributed by atoms with Crippen LogP contribution >= 0.6 is 0 Å². The van der Waals surface area contributed by atoms with Gasteiger partial charge in [-0.25, -0.2) is 0 Å². The van der Waals surface area contributed by atoms with Gasteiger partial charge in [-0.15, -0.1) is 0 Å². The number of ether oxygens (including phenoxy) is 1. The van der Waals surface area contributed by atoms with Gasteiger partial charge in [-0.3, -0.25) is 33.7 Å². The fourth-order valence-corrected chi connectivity index (χ4v) is 2.96. The van der Waals surface area contributed by atoms with E-state index in [2.05, 4.69) is 10.6 Å². The molecule has 0 bridgehead atoms. The van der Waals surface area contributed by atoms with E-state index in [-0.39, 0.29) is 26.0 Å². The van der Waals surface area contributed by atoms with E-state index in [0.717, 1.165) is 4.90 Å². The minimum absolute atomic E-state index is 0.0421. The van der Waals surface area contributed by atoms with Crippen molar-refractivity contribution in [3.63, 3.8) is 0 Å². The number of nitrogens with one attached hydrogen (secondary N) is 2. The number of carboxylic acids is 1. The number of carboxylic acid groups (broad SMARTS) is 1. The Morgan fingerprint density at radius 1 is 1.09 bits per heavy atom. The number of carbonyl (C=O) groups is 6. The van der Waals surface area contributed by atoms with Crippen molar-refractivity contribution in [1.29, 1.82) is 0 Å². The molecule has 0 aliphatic carbocycles. The smallest absolute Gasteiger partial charge is 0.303 e. The van der Waals surface area contributed by atoms with Gasteiger partial charge in [0.1, 0.15) is 18.7 Å². The van der Waals surface area contributed by atoms with Crippen molar-refractivity contribution in [3.8, 4) is 0 Å². The summed E-state index contributed by atoms with van der Waals surface area (Å²) >= 11 is 0. The quantitative estimate of drug-likeness (QED) is 0.223. The molecule has 0 spiro atoms. The largest absolute Gasteiger partial charge is 0.481 e. The third-order valence-electron chi connectivity index (χ3n) is 4.65. The first-order valence-electron chi connectivity index (χ1n) is 9.75. The van der Waals surface area contributed by atoms with Crippen molar-refractivity contribution in [3.05, 3.63) is 35.4 Å². The van der Waals surface area contributed by atoms with Crippen molar-refractivity contribution in [2.45, 2.75) is 31.8 Å². The molecule has 5 amide bonds. The SMILES string of the molecule is C[C@H](NC(=O)COCCN1C(=O)c2ccccc2C1=O)C(=O)N[C@H](CCC(=O)O)C(N)=O. The van der Waals surface area contributed by atoms with Crippen LogP contribution in [-0.4, -0.2) is 77.4 Å². The summed E-state index contributed by atoms with van der Waals surface area (Å²) < 4.78 is 5.19. The van der Waals surface area contributed by atoms with Gasteiger partial charge in [0.25, 0.3) is 11.8 Å². The second-order valence-electron chi connectivity index (χ2n) is 7.05. The molecule has 2 rings (SSSR count). The Morgan fingerprint density at radius 3 is 2.22 bits per heavy atom. The number of nitrogens with zero attached hydrogens (tertiary/aromatic N) is 1. The molecule has 12 nitrogen and oxygen atoms in total. The van der Waals surface area contributed by atoms with Gasteiger partial charge in [0, 0.05) is 6.42 Å². The summed E-state index contributed by atoms with van der Waals surface area (Å²) in [6.45, 7) is 0.804. The monoisotopic (exact) mass is 448 g/mol. The normalized spacial score (nSPS) is 14.5. The van der Waals surface area contributed by atoms with Crippen LogP contribution in [0.2, 0.25) is 0 Å². The highest BCUT2D eigenvalue weighted by Gasteiger charge is 2.34. The van der Waals surface area contributed by atoms with Gasteiger partial charge >= 0.3 is 5.97 Å². The number of benzene rings is 1. The lowest BCUT2D eigenvalue weighted by Crippen LogP contribution is -2.52. The van der Waals surface area contributed by atoms with Gasteiger partial charge in [0.15, 0.2) is 0 Å². The zero-order valence-electron chi connectivity index (χ0n) is 17.3. The van der Waals surface area contributed by atoms with Gasteiger partial charge in [0.05, 0.1) is 24.3 Å². The molecule has 0 unspecified atom stereocenters. The summed E-state index contributed by atoms with van der Waals surface area (Å²) in [4.78, 5) is 71.5. The number of imide groups is 1. The predicted molar refractivity (Wildman–Crippen MR) is 108 cm³/mol. The minimum Gasteiger partial charge on any atom is -0.481 e. The van der Waals surface area contributed by atoms with Crippen LogP contribution in [0.15, 0.2) is 24.3 Å². The van der Waals surface area contributed by atoms with Gasteiger partial charge in [-0.2, -0.15) is 0 Å². The van der Waals surface area contributed by atoms with Gasteiger partial charge in [0.2, 0.25) is 17.7 Å². The molecule has 0 aromatic heterocycles. The minimum atomic E-state index is -1.19. The van der Waals surface area contributed by atoms with E-state index in [1.54, 1.807) is 24.3 Å². The summed E-state index contributed by atoms with van der Waals surface area (Å²) in [5.74, 6) is -4.28. The average Bonchev–Trinajstić information content (AvgIpc) is 2.98. The van der Waals surface area contributed by atoms with Gasteiger partial charge in [-0.1, -0.05) is 12.1 Å². The maximum atomic E-state index is 12.2. The molecule has 0 saturated heterocycles. The number of hydrogen-bond donors (Lipinski definition) is 4. The maximum absolute atomic E-state index is 12.2. The first kappa shape index (κ1) is 24.5. The lowest BCUT2D eigenvalue weighted by Gasteiger charge is -2.19. The van der Waals surface area contributed by atoms with Crippen LogP contribution in [0.3, 0.4) is 0 Å². The van der Waals surface area contributed by atoms with Gasteiger partial charge < -0.3 is 26.2 Å². The Kier molecular flexibility index (Phi) is 8.41. The Balaban J connectivity index is 1.73. The standard InChI is InChI=1S/C20H24N4O8/c1-11(18(29)23-14(17(21)28)6-7-16(26)27)22-15(25)10-32-9-8-24-19(30)12-4-2-3-5-13(12)20(24)31/h2-5,11,14H,6-10H2,1H3,(H2,21,28)(H,22,25)(H,23,29)(H,26,27)/t11-,14+/m0/s1. The van der Waals surface area contributed by atoms with E-state index in [4.69, 9.17) is 15.6 Å². The summed E-state index contributed by atoms with van der Waals surface area (Å²) in [5, 5.41) is 13.3. The third-order valence-corrected chi connectivity index (χ3v) is 4.65. The summed E-state index contributed by atoms with van der Waals surface area (Å²) in [6.07, 6.45) is -0.548. The van der Waals surface area contributed by atoms with Crippen LogP contribution in [0.4, 0.5) is 0 Å². The number of rotatable bonds is 12. The molecular weight excluding hydrogens is 424 g/mol. The fourth-order valence-electron chi connectivity index (χ4n) is 2.96. The Bertz CT molecular complexity index is 897. The lowest BCUT2D eigenvalue weighted by atomic mass is 10.1. The molecule has 1 aliphatic heterocycles. The highest BCUT2D eigenvalue weighted by Crippen LogP contribution is 2.21. The van der Waals surface area contributed by atoms with E-state index in [9.17, 15) is 28.8 Å². The van der Waals surface area contributed by atoms with Crippen LogP contribution in [0.1, 0.15) is 40.5 Å². The van der Waals surface area contributed by atoms with E-state index in [1.807, 2.05) is 0 Å². The van der Waals surface area contributed by atoms with Crippen molar-refractivity contribution in [2.24, 2.45) is 5.73 Å². The third kappa shape index (κ3) is 6.35. The summed E-state index contributed by atoms with van der Waals surface area (Å²) in [7, 11) is 0. The van der Waals surface area contributed by atoms with E-state index < -0.39 is 54.2 Å². The molecule has 172 valence electrons. The molecule has 12 heteroatoms. The van der Waals surface area contributed by atoms with E-state index in [1.165, 1.54) is 6.92 Å². The number of fused-ring (bicyclic) bond motifs is 1. The Hall–Kier alpha value is -3.80. The first-order chi connectivity index (χ1) is 15.1. The van der Waals surface area contributed by atoms with Crippen LogP contribution in [0.25, 0.3) is 0 Å². The summed E-state index contributed by atoms with van der Waals surface area (Å²) in [5.41, 5.74) is 5.77. The van der Waals surface area contributed by atoms with Crippen LogP contribution in [0.5, 0.6) is 0 Å². The molecule has 1 heterocycles. The van der Waals surface area contributed by atoms with Crippen LogP contribution < -0.4 is 16.4 Å². The predicted octanol–water partition coefficient (Wildman–Crippen LogP) is -1.36. The average molecular weight is 448 g/mol. The topological polar surface area (TPSA) is 185 Å². The van der Waals surface area contributed by atoms with Crippen LogP contribution in [0, 0.1) is 0 Å². The second-order valence-corrected chi connectivity index (χ2v) is 7.05. The van der Waals surface area contributed by atoms with Crippen LogP contribution in [-0.2, 0) is 23.9 Å². The Labute approximate surface area is 183 Å². The number of primary amides is 1. The molecule has 0 fully saturated rings. The zero-order chi connectivity index (χ0) is 23.8. The molecule has 32 heavy (non-hydrogen) atoms.